The summed E-state index contributed by atoms with van der Waals surface area (Å²) in [6, 6.07) is 11.5. The molecule has 0 amide bonds. The summed E-state index contributed by atoms with van der Waals surface area (Å²) in [5.41, 5.74) is 2.82. The van der Waals surface area contributed by atoms with E-state index in [4.69, 9.17) is 0 Å². The summed E-state index contributed by atoms with van der Waals surface area (Å²) in [5.74, 6) is 0. The van der Waals surface area contributed by atoms with Crippen LogP contribution < -0.4 is 0 Å². The Kier molecular flexibility index (Phi) is 4.48. The number of benzene rings is 1. The Morgan fingerprint density at radius 1 is 0.800 bits per heavy atom. The molecule has 3 aliphatic rings. The fourth-order valence-corrected chi connectivity index (χ4v) is 5.94. The van der Waals surface area contributed by atoms with E-state index in [1.54, 1.807) is 5.56 Å². The average molecular weight is 341 g/mol. The number of nitrogens with zero attached hydrogens (tertiary/aromatic N) is 2. The van der Waals surface area contributed by atoms with E-state index in [0.717, 1.165) is 0 Å². The molecule has 1 unspecified atom stereocenters. The molecule has 0 aromatic heterocycles. The second kappa shape index (κ2) is 6.39. The largest absolute Gasteiger partial charge is 0.298 e. The van der Waals surface area contributed by atoms with Crippen LogP contribution in [-0.4, -0.2) is 41.5 Å². The third kappa shape index (κ3) is 3.17. The zero-order chi connectivity index (χ0) is 17.5. The fourth-order valence-electron chi connectivity index (χ4n) is 5.94. The molecule has 1 aliphatic carbocycles. The maximum Gasteiger partial charge on any atom is 0.0466 e. The first kappa shape index (κ1) is 17.5. The van der Waals surface area contributed by atoms with E-state index < -0.39 is 0 Å². The number of piperidine rings is 1. The molecule has 138 valence electrons. The van der Waals surface area contributed by atoms with Crippen LogP contribution in [0, 0.1) is 5.41 Å². The van der Waals surface area contributed by atoms with Gasteiger partial charge in [-0.15, -0.1) is 0 Å². The van der Waals surface area contributed by atoms with E-state index in [2.05, 4.69) is 60.9 Å². The van der Waals surface area contributed by atoms with Crippen LogP contribution in [-0.2, 0) is 5.54 Å². The number of rotatable bonds is 2. The first-order valence-electron chi connectivity index (χ1n) is 10.5. The van der Waals surface area contributed by atoms with Gasteiger partial charge in [-0.2, -0.15) is 0 Å². The second-order valence-corrected chi connectivity index (χ2v) is 9.93. The minimum absolute atomic E-state index is 0.321. The van der Waals surface area contributed by atoms with Crippen molar-refractivity contribution in [2.75, 3.05) is 26.2 Å². The van der Waals surface area contributed by atoms with Gasteiger partial charge in [0.2, 0.25) is 0 Å². The van der Waals surface area contributed by atoms with Gasteiger partial charge in [0.25, 0.3) is 0 Å². The van der Waals surface area contributed by atoms with Gasteiger partial charge < -0.3 is 0 Å². The number of hydrogen-bond acceptors (Lipinski definition) is 2. The Balaban J connectivity index is 1.57. The Morgan fingerprint density at radius 2 is 1.44 bits per heavy atom. The van der Waals surface area contributed by atoms with Crippen molar-refractivity contribution in [2.45, 2.75) is 76.8 Å². The maximum absolute atomic E-state index is 2.85. The predicted molar refractivity (Wildman–Crippen MR) is 106 cm³/mol. The van der Waals surface area contributed by atoms with Gasteiger partial charge in [-0.25, -0.2) is 0 Å². The van der Waals surface area contributed by atoms with Gasteiger partial charge in [0.05, 0.1) is 0 Å². The second-order valence-electron chi connectivity index (χ2n) is 9.93. The molecular weight excluding hydrogens is 304 g/mol. The lowest BCUT2D eigenvalue weighted by molar-refractivity contribution is 0.0295. The molecule has 1 saturated carbocycles. The van der Waals surface area contributed by atoms with Crippen molar-refractivity contribution in [3.05, 3.63) is 35.9 Å². The molecule has 0 radical (unpaired) electrons. The summed E-state index contributed by atoms with van der Waals surface area (Å²) in [6.07, 6.45) is 9.75. The molecule has 4 rings (SSSR count). The lowest BCUT2D eigenvalue weighted by atomic mass is 9.73. The first-order valence-corrected chi connectivity index (χ1v) is 10.5. The third-order valence-electron chi connectivity index (χ3n) is 7.53. The number of hydrogen-bond donors (Lipinski definition) is 0. The summed E-state index contributed by atoms with van der Waals surface area (Å²) in [6.45, 7) is 12.3. The van der Waals surface area contributed by atoms with Gasteiger partial charge in [-0.3, -0.25) is 9.80 Å². The summed E-state index contributed by atoms with van der Waals surface area (Å²) in [7, 11) is 0. The van der Waals surface area contributed by atoms with Crippen LogP contribution in [0.1, 0.15) is 71.3 Å². The monoisotopic (exact) mass is 340 g/mol. The zero-order valence-electron chi connectivity index (χ0n) is 16.6. The van der Waals surface area contributed by atoms with Crippen molar-refractivity contribution in [3.8, 4) is 0 Å². The van der Waals surface area contributed by atoms with Crippen molar-refractivity contribution in [1.29, 1.82) is 0 Å². The Hall–Kier alpha value is -0.860. The highest BCUT2D eigenvalue weighted by Gasteiger charge is 2.53. The summed E-state index contributed by atoms with van der Waals surface area (Å²) in [4.78, 5) is 5.56. The lowest BCUT2D eigenvalue weighted by Gasteiger charge is -2.47. The highest BCUT2D eigenvalue weighted by molar-refractivity contribution is 5.28. The Bertz CT molecular complexity index is 574. The standard InChI is InChI=1S/C23H36N2/c1-21(2,3)24-17-13-22(14-18-24)11-12-23(19-22,25-15-7-8-16-25)20-9-5-4-6-10-20/h4-6,9-10H,7-8,11-19H2,1-3H3. The fraction of sp³-hybridized carbons (Fsp3) is 0.739. The van der Waals surface area contributed by atoms with Gasteiger partial charge in [-0.05, 0) is 103 Å². The van der Waals surface area contributed by atoms with Crippen LogP contribution in [0.4, 0.5) is 0 Å². The van der Waals surface area contributed by atoms with E-state index in [9.17, 15) is 0 Å². The van der Waals surface area contributed by atoms with Crippen molar-refractivity contribution in [3.63, 3.8) is 0 Å². The lowest BCUT2D eigenvalue weighted by Crippen LogP contribution is -2.49. The van der Waals surface area contributed by atoms with Crippen LogP contribution in [0.3, 0.4) is 0 Å². The van der Waals surface area contributed by atoms with E-state index >= 15 is 0 Å². The van der Waals surface area contributed by atoms with E-state index in [1.807, 2.05) is 0 Å². The molecule has 2 heterocycles. The van der Waals surface area contributed by atoms with Crippen molar-refractivity contribution in [1.82, 2.24) is 9.80 Å². The first-order chi connectivity index (χ1) is 11.9. The molecular formula is C23H36N2. The molecule has 2 nitrogen and oxygen atoms in total. The molecule has 2 heteroatoms. The molecule has 1 aromatic rings. The summed E-state index contributed by atoms with van der Waals surface area (Å²) >= 11 is 0. The summed E-state index contributed by atoms with van der Waals surface area (Å²) in [5, 5.41) is 0. The highest BCUT2D eigenvalue weighted by Crippen LogP contribution is 2.57. The molecule has 1 atom stereocenters. The van der Waals surface area contributed by atoms with E-state index in [1.165, 1.54) is 71.1 Å². The SMILES string of the molecule is CC(C)(C)N1CCC2(CC1)CCC(c1ccccc1)(N1CCCC1)C2. The summed E-state index contributed by atoms with van der Waals surface area (Å²) < 4.78 is 0. The van der Waals surface area contributed by atoms with Crippen LogP contribution in [0.25, 0.3) is 0 Å². The van der Waals surface area contributed by atoms with Gasteiger partial charge in [0.15, 0.2) is 0 Å². The van der Waals surface area contributed by atoms with Crippen LogP contribution >= 0.6 is 0 Å². The zero-order valence-corrected chi connectivity index (χ0v) is 16.6. The smallest absolute Gasteiger partial charge is 0.0466 e. The van der Waals surface area contributed by atoms with Crippen molar-refractivity contribution >= 4 is 0 Å². The van der Waals surface area contributed by atoms with E-state index in [-0.39, 0.29) is 0 Å². The predicted octanol–water partition coefficient (Wildman–Crippen LogP) is 5.04. The van der Waals surface area contributed by atoms with Crippen molar-refractivity contribution < 1.29 is 0 Å². The molecule has 1 aromatic carbocycles. The van der Waals surface area contributed by atoms with Gasteiger partial charge in [0.1, 0.15) is 0 Å². The highest BCUT2D eigenvalue weighted by atomic mass is 15.2. The third-order valence-corrected chi connectivity index (χ3v) is 7.53. The minimum atomic E-state index is 0.321. The maximum atomic E-state index is 2.85. The number of likely N-dealkylation sites (tertiary alicyclic amines) is 2. The Labute approximate surface area is 154 Å². The van der Waals surface area contributed by atoms with Crippen LogP contribution in [0.5, 0.6) is 0 Å². The molecule has 2 saturated heterocycles. The molecule has 1 spiro atoms. The minimum Gasteiger partial charge on any atom is -0.298 e. The molecule has 0 bridgehead atoms. The Morgan fingerprint density at radius 3 is 2.04 bits per heavy atom. The molecule has 0 N–H and O–H groups in total. The van der Waals surface area contributed by atoms with Gasteiger partial charge >= 0.3 is 0 Å². The van der Waals surface area contributed by atoms with E-state index in [0.29, 0.717) is 16.5 Å². The average Bonchev–Trinajstić information content (AvgIpc) is 3.25. The van der Waals surface area contributed by atoms with Crippen LogP contribution in [0.15, 0.2) is 30.3 Å². The van der Waals surface area contributed by atoms with Gasteiger partial charge in [-0.1, -0.05) is 30.3 Å². The van der Waals surface area contributed by atoms with Crippen LogP contribution in [0.2, 0.25) is 0 Å². The van der Waals surface area contributed by atoms with Crippen molar-refractivity contribution in [2.24, 2.45) is 5.41 Å². The normalized spacial score (nSPS) is 31.0. The van der Waals surface area contributed by atoms with Gasteiger partial charge in [0, 0.05) is 11.1 Å². The quantitative estimate of drug-likeness (QED) is 0.744. The molecule has 2 aliphatic heterocycles. The molecule has 3 fully saturated rings. The topological polar surface area (TPSA) is 6.48 Å². The molecule has 25 heavy (non-hydrogen) atoms.